The zero-order valence-corrected chi connectivity index (χ0v) is 12.3. The third-order valence-corrected chi connectivity index (χ3v) is 4.45. The molecule has 1 saturated heterocycles. The van der Waals surface area contributed by atoms with Gasteiger partial charge in [0.15, 0.2) is 0 Å². The molecule has 0 atom stereocenters. The van der Waals surface area contributed by atoms with Crippen LogP contribution in [0.2, 0.25) is 0 Å². The van der Waals surface area contributed by atoms with E-state index in [9.17, 15) is 9.90 Å². The Kier molecular flexibility index (Phi) is 3.94. The van der Waals surface area contributed by atoms with Gasteiger partial charge in [-0.05, 0) is 26.0 Å². The van der Waals surface area contributed by atoms with Gasteiger partial charge in [0.2, 0.25) is 0 Å². The van der Waals surface area contributed by atoms with E-state index < -0.39 is 0 Å². The van der Waals surface area contributed by atoms with Gasteiger partial charge in [0.25, 0.3) is 5.91 Å². The van der Waals surface area contributed by atoms with E-state index in [1.807, 2.05) is 11.8 Å². The maximum absolute atomic E-state index is 12.4. The Labute approximate surface area is 117 Å². The van der Waals surface area contributed by atoms with Crippen molar-refractivity contribution in [3.63, 3.8) is 0 Å². The third-order valence-electron chi connectivity index (χ3n) is 3.15. The maximum Gasteiger partial charge on any atom is 0.257 e. The van der Waals surface area contributed by atoms with E-state index in [1.54, 1.807) is 17.0 Å². The first kappa shape index (κ1) is 14.1. The zero-order valence-electron chi connectivity index (χ0n) is 11.5. The monoisotopic (exact) mass is 281 g/mol. The molecule has 1 N–H and O–H groups in total. The molecule has 2 rings (SSSR count). The van der Waals surface area contributed by atoms with Crippen LogP contribution in [0.4, 0.5) is 0 Å². The Morgan fingerprint density at radius 2 is 2.21 bits per heavy atom. The fraction of sp³-hybridized carbons (Fsp3) is 0.500. The molecule has 1 aromatic carbocycles. The minimum absolute atomic E-state index is 0.0274. The molecule has 1 aromatic rings. The van der Waals surface area contributed by atoms with Crippen LogP contribution in [0.3, 0.4) is 0 Å². The predicted octanol–water partition coefficient (Wildman–Crippen LogP) is 2.37. The number of rotatable bonds is 2. The van der Waals surface area contributed by atoms with Crippen molar-refractivity contribution in [2.24, 2.45) is 0 Å². The molecule has 0 aromatic heterocycles. The van der Waals surface area contributed by atoms with Crippen molar-refractivity contribution in [3.8, 4) is 11.5 Å². The van der Waals surface area contributed by atoms with Gasteiger partial charge >= 0.3 is 0 Å². The van der Waals surface area contributed by atoms with Gasteiger partial charge in [0, 0.05) is 29.7 Å². The Morgan fingerprint density at radius 1 is 1.47 bits per heavy atom. The molecule has 0 radical (unpaired) electrons. The number of methoxy groups -OCH3 is 1. The Balaban J connectivity index is 2.20. The van der Waals surface area contributed by atoms with E-state index in [0.717, 1.165) is 12.3 Å². The molecule has 4 nitrogen and oxygen atoms in total. The second kappa shape index (κ2) is 5.33. The van der Waals surface area contributed by atoms with Crippen LogP contribution >= 0.6 is 11.8 Å². The number of hydrogen-bond acceptors (Lipinski definition) is 4. The smallest absolute Gasteiger partial charge is 0.257 e. The minimum Gasteiger partial charge on any atom is -0.507 e. The molecule has 5 heteroatoms. The van der Waals surface area contributed by atoms with Crippen LogP contribution in [0.1, 0.15) is 24.2 Å². The fourth-order valence-electron chi connectivity index (χ4n) is 2.18. The van der Waals surface area contributed by atoms with Crippen LogP contribution < -0.4 is 4.74 Å². The van der Waals surface area contributed by atoms with Crippen molar-refractivity contribution in [1.29, 1.82) is 0 Å². The van der Waals surface area contributed by atoms with Crippen LogP contribution in [-0.2, 0) is 0 Å². The van der Waals surface area contributed by atoms with Crippen LogP contribution in [-0.4, -0.2) is 46.6 Å². The molecule has 1 aliphatic heterocycles. The summed E-state index contributed by atoms with van der Waals surface area (Å²) in [5.74, 6) is 1.33. The second-order valence-electron chi connectivity index (χ2n) is 5.22. The SMILES string of the molecule is COc1ccc(C(=O)N2CCSC(C)(C)C2)c(O)c1. The average molecular weight is 281 g/mol. The molecule has 19 heavy (non-hydrogen) atoms. The predicted molar refractivity (Wildman–Crippen MR) is 77.1 cm³/mol. The fourth-order valence-corrected chi connectivity index (χ4v) is 3.29. The number of phenols is 1. The van der Waals surface area contributed by atoms with Crippen LogP contribution in [0.5, 0.6) is 11.5 Å². The molecule has 104 valence electrons. The molecule has 1 amide bonds. The first-order chi connectivity index (χ1) is 8.93. The first-order valence-electron chi connectivity index (χ1n) is 6.23. The number of aromatic hydroxyl groups is 1. The largest absolute Gasteiger partial charge is 0.507 e. The minimum atomic E-state index is -0.117. The summed E-state index contributed by atoms with van der Waals surface area (Å²) in [6.07, 6.45) is 0. The average Bonchev–Trinajstić information content (AvgIpc) is 2.36. The summed E-state index contributed by atoms with van der Waals surface area (Å²) >= 11 is 1.87. The molecule has 0 saturated carbocycles. The number of carbonyl (C=O) groups excluding carboxylic acids is 1. The van der Waals surface area contributed by atoms with Crippen LogP contribution in [0.25, 0.3) is 0 Å². The third kappa shape index (κ3) is 3.15. The standard InChI is InChI=1S/C14H19NO3S/c1-14(2)9-15(6-7-19-14)13(17)11-5-4-10(18-3)8-12(11)16/h4-5,8,16H,6-7,9H2,1-3H3. The van der Waals surface area contributed by atoms with Gasteiger partial charge in [0.05, 0.1) is 12.7 Å². The maximum atomic E-state index is 12.4. The molecule has 1 aliphatic rings. The lowest BCUT2D eigenvalue weighted by atomic mass is 10.1. The number of nitrogens with zero attached hydrogens (tertiary/aromatic N) is 1. The van der Waals surface area contributed by atoms with E-state index in [2.05, 4.69) is 13.8 Å². The Bertz CT molecular complexity index is 488. The lowest BCUT2D eigenvalue weighted by Crippen LogP contribution is -2.46. The molecule has 1 fully saturated rings. The van der Waals surface area contributed by atoms with Gasteiger partial charge in [0.1, 0.15) is 11.5 Å². The van der Waals surface area contributed by atoms with E-state index in [4.69, 9.17) is 4.74 Å². The summed E-state index contributed by atoms with van der Waals surface area (Å²) in [5, 5.41) is 9.92. The Hall–Kier alpha value is -1.36. The van der Waals surface area contributed by atoms with Crippen molar-refractivity contribution in [3.05, 3.63) is 23.8 Å². The Morgan fingerprint density at radius 3 is 2.79 bits per heavy atom. The van der Waals surface area contributed by atoms with Crippen molar-refractivity contribution in [2.45, 2.75) is 18.6 Å². The zero-order chi connectivity index (χ0) is 14.0. The second-order valence-corrected chi connectivity index (χ2v) is 7.02. The summed E-state index contributed by atoms with van der Waals surface area (Å²) < 4.78 is 5.09. The van der Waals surface area contributed by atoms with Crippen molar-refractivity contribution in [1.82, 2.24) is 4.90 Å². The van der Waals surface area contributed by atoms with Crippen molar-refractivity contribution < 1.29 is 14.6 Å². The quantitative estimate of drug-likeness (QED) is 0.904. The number of phenolic OH excluding ortho intramolecular Hbond substituents is 1. The summed E-state index contributed by atoms with van der Waals surface area (Å²) in [6, 6.07) is 4.78. The van der Waals surface area contributed by atoms with Gasteiger partial charge in [-0.3, -0.25) is 4.79 Å². The highest BCUT2D eigenvalue weighted by molar-refractivity contribution is 8.00. The van der Waals surface area contributed by atoms with Gasteiger partial charge < -0.3 is 14.7 Å². The van der Waals surface area contributed by atoms with Crippen molar-refractivity contribution >= 4 is 17.7 Å². The number of carbonyl (C=O) groups is 1. The molecule has 0 bridgehead atoms. The van der Waals surface area contributed by atoms with E-state index >= 15 is 0 Å². The molecule has 0 unspecified atom stereocenters. The van der Waals surface area contributed by atoms with Gasteiger partial charge in [-0.2, -0.15) is 11.8 Å². The van der Waals surface area contributed by atoms with E-state index in [1.165, 1.54) is 13.2 Å². The molecule has 1 heterocycles. The first-order valence-corrected chi connectivity index (χ1v) is 7.22. The topological polar surface area (TPSA) is 49.8 Å². The number of thioether (sulfide) groups is 1. The van der Waals surface area contributed by atoms with Crippen LogP contribution in [0.15, 0.2) is 18.2 Å². The lowest BCUT2D eigenvalue weighted by molar-refractivity contribution is 0.0745. The molecular weight excluding hydrogens is 262 g/mol. The number of benzene rings is 1. The van der Waals surface area contributed by atoms with Gasteiger partial charge in [-0.1, -0.05) is 0 Å². The van der Waals surface area contributed by atoms with Gasteiger partial charge in [-0.25, -0.2) is 0 Å². The van der Waals surface area contributed by atoms with E-state index in [0.29, 0.717) is 17.9 Å². The summed E-state index contributed by atoms with van der Waals surface area (Å²) in [4.78, 5) is 14.2. The molecular formula is C14H19NO3S. The van der Waals surface area contributed by atoms with Crippen molar-refractivity contribution in [2.75, 3.05) is 26.0 Å². The highest BCUT2D eigenvalue weighted by Crippen LogP contribution is 2.31. The number of amides is 1. The van der Waals surface area contributed by atoms with Gasteiger partial charge in [-0.15, -0.1) is 0 Å². The summed E-state index contributed by atoms with van der Waals surface area (Å²) in [5.41, 5.74) is 0.337. The number of hydrogen-bond donors (Lipinski definition) is 1. The summed E-state index contributed by atoms with van der Waals surface area (Å²) in [6.45, 7) is 5.68. The highest BCUT2D eigenvalue weighted by atomic mass is 32.2. The van der Waals surface area contributed by atoms with Crippen LogP contribution in [0, 0.1) is 0 Å². The highest BCUT2D eigenvalue weighted by Gasteiger charge is 2.31. The lowest BCUT2D eigenvalue weighted by Gasteiger charge is -2.37. The summed E-state index contributed by atoms with van der Waals surface area (Å²) in [7, 11) is 1.53. The van der Waals surface area contributed by atoms with E-state index in [-0.39, 0.29) is 16.4 Å². The number of ether oxygens (including phenoxy) is 1. The normalized spacial score (nSPS) is 18.2. The molecule has 0 aliphatic carbocycles. The molecule has 0 spiro atoms.